The summed E-state index contributed by atoms with van der Waals surface area (Å²) in [5, 5.41) is 30.6. The average molecular weight is 431 g/mol. The van der Waals surface area contributed by atoms with Crippen LogP contribution in [-0.4, -0.2) is 64.8 Å². The number of alkyl carbamates (subject to hydrolysis) is 1. The molecule has 0 spiro atoms. The van der Waals surface area contributed by atoms with Crippen LogP contribution in [0.5, 0.6) is 0 Å². The smallest absolute Gasteiger partial charge is 0.414 e. The van der Waals surface area contributed by atoms with Crippen LogP contribution in [0.25, 0.3) is 11.1 Å². The number of guanidine groups is 1. The van der Waals surface area contributed by atoms with E-state index in [-0.39, 0.29) is 17.7 Å². The third-order valence-corrected chi connectivity index (χ3v) is 4.00. The van der Waals surface area contributed by atoms with E-state index in [1.165, 1.54) is 18.5 Å². The van der Waals surface area contributed by atoms with Gasteiger partial charge in [-0.1, -0.05) is 23.4 Å². The van der Waals surface area contributed by atoms with Gasteiger partial charge in [-0.2, -0.15) is 0 Å². The molecule has 0 atom stereocenters. The Morgan fingerprint density at radius 3 is 2.68 bits per heavy atom. The zero-order valence-electron chi connectivity index (χ0n) is 16.4. The van der Waals surface area contributed by atoms with Crippen LogP contribution in [0.3, 0.4) is 0 Å². The number of nitrogens with one attached hydrogen (secondary N) is 2. The number of rotatable bonds is 6. The van der Waals surface area contributed by atoms with Gasteiger partial charge in [0.2, 0.25) is 13.8 Å². The second-order valence-electron chi connectivity index (χ2n) is 6.70. The Balaban J connectivity index is 1.64. The lowest BCUT2D eigenvalue weighted by Gasteiger charge is -2.32. The van der Waals surface area contributed by atoms with Gasteiger partial charge >= 0.3 is 6.09 Å². The molecule has 2 heterocycles. The van der Waals surface area contributed by atoms with Gasteiger partial charge in [-0.05, 0) is 0 Å². The van der Waals surface area contributed by atoms with Crippen LogP contribution in [0.1, 0.15) is 5.56 Å². The number of halogens is 1. The number of benzene rings is 1. The number of hydrogen-bond donors (Lipinski definition) is 5. The quantitative estimate of drug-likeness (QED) is 0.124. The highest BCUT2D eigenvalue weighted by molar-refractivity contribution is 6.11. The highest BCUT2D eigenvalue weighted by Crippen LogP contribution is 2.26. The van der Waals surface area contributed by atoms with Crippen LogP contribution in [0.15, 0.2) is 35.7 Å². The zero-order chi connectivity index (χ0) is 22.6. The number of hydrogen-bond acceptors (Lipinski definition) is 10. The van der Waals surface area contributed by atoms with Gasteiger partial charge in [0, 0.05) is 29.1 Å². The molecular formula is C17H19BFN7O5. The molecule has 1 saturated heterocycles. The summed E-state index contributed by atoms with van der Waals surface area (Å²) in [5.74, 6) is -3.13. The molecule has 31 heavy (non-hydrogen) atoms. The number of amides is 1. The Morgan fingerprint density at radius 2 is 2.06 bits per heavy atom. The van der Waals surface area contributed by atoms with E-state index in [1.54, 1.807) is 17.0 Å². The highest BCUT2D eigenvalue weighted by atomic mass is 19.1. The lowest BCUT2D eigenvalue weighted by atomic mass is 10.1. The number of carbonyl (C=O) groups excluding carboxylic acids is 1. The molecule has 0 saturated carbocycles. The molecule has 12 nitrogen and oxygen atoms in total. The molecule has 14 heteroatoms. The minimum atomic E-state index is -2.34. The molecule has 0 radical (unpaired) electrons. The second-order valence-corrected chi connectivity index (χ2v) is 6.70. The van der Waals surface area contributed by atoms with Crippen molar-refractivity contribution in [2.75, 3.05) is 18.0 Å². The fourth-order valence-corrected chi connectivity index (χ4v) is 2.57. The monoisotopic (exact) mass is 431 g/mol. The second kappa shape index (κ2) is 8.93. The molecule has 0 unspecified atom stereocenters. The molecule has 1 fully saturated rings. The number of ether oxygens (including phenoxy) is 1. The summed E-state index contributed by atoms with van der Waals surface area (Å²) in [6, 6.07) is 4.60. The third kappa shape index (κ3) is 5.87. The molecule has 1 amide bonds. The van der Waals surface area contributed by atoms with Gasteiger partial charge in [-0.15, -0.1) is 0 Å². The Kier molecular flexibility index (Phi) is 6.32. The van der Waals surface area contributed by atoms with Gasteiger partial charge in [0.05, 0.1) is 18.8 Å². The molecule has 2 aromatic rings. The van der Waals surface area contributed by atoms with Crippen molar-refractivity contribution in [2.24, 2.45) is 10.9 Å². The first-order chi connectivity index (χ1) is 14.6. The number of nitrogens with zero attached hydrogens (tertiary/aromatic N) is 4. The summed E-state index contributed by atoms with van der Waals surface area (Å²) in [7, 11) is 1.04. The highest BCUT2D eigenvalue weighted by Gasteiger charge is 2.26. The van der Waals surface area contributed by atoms with Crippen LogP contribution in [-0.2, 0) is 16.2 Å². The van der Waals surface area contributed by atoms with Gasteiger partial charge in [-0.25, -0.2) is 19.2 Å². The first-order valence-corrected chi connectivity index (χ1v) is 8.93. The number of carbonyl (C=O) groups is 1. The lowest BCUT2D eigenvalue weighted by Crippen LogP contribution is -2.49. The number of aromatic nitrogens is 2. The normalized spacial score (nSPS) is 13.3. The summed E-state index contributed by atoms with van der Waals surface area (Å²) in [4.78, 5) is 26.1. The van der Waals surface area contributed by atoms with E-state index in [1.807, 2.05) is 5.32 Å². The van der Waals surface area contributed by atoms with E-state index in [9.17, 15) is 9.18 Å². The molecule has 0 aliphatic carbocycles. The summed E-state index contributed by atoms with van der Waals surface area (Å²) in [5.41, 5.74) is 6.38. The Morgan fingerprint density at radius 1 is 1.39 bits per heavy atom. The summed E-state index contributed by atoms with van der Waals surface area (Å²) in [6.07, 6.45) is 1.95. The summed E-state index contributed by atoms with van der Waals surface area (Å²) in [6.45, 7) is 0.342. The number of nitrogens with two attached hydrogens (primary N) is 1. The largest absolute Gasteiger partial charge is 0.444 e. The summed E-state index contributed by atoms with van der Waals surface area (Å²) < 4.78 is 19.7. The molecule has 1 aromatic carbocycles. The fourth-order valence-electron chi connectivity index (χ4n) is 2.57. The van der Waals surface area contributed by atoms with E-state index in [2.05, 4.69) is 20.0 Å². The van der Waals surface area contributed by atoms with Crippen molar-refractivity contribution in [3.8, 4) is 11.1 Å². The van der Waals surface area contributed by atoms with Crippen molar-refractivity contribution in [3.05, 3.63) is 42.0 Å². The van der Waals surface area contributed by atoms with Crippen molar-refractivity contribution in [1.29, 1.82) is 5.41 Å². The van der Waals surface area contributed by atoms with Gasteiger partial charge in [0.1, 0.15) is 12.4 Å². The first kappa shape index (κ1) is 21.9. The maximum absolute atomic E-state index is 14.8. The lowest BCUT2D eigenvalue weighted by molar-refractivity contribution is -0.275. The SMILES string of the molecule is BC(O)(O)ON=C1CN(c2ncc(-c3cccc(COC(=O)NC(=N)N)c3F)cn2)C1. The first-order valence-electron chi connectivity index (χ1n) is 8.93. The van der Waals surface area contributed by atoms with Gasteiger partial charge in [0.15, 0.2) is 5.96 Å². The van der Waals surface area contributed by atoms with Crippen LogP contribution in [0.4, 0.5) is 15.1 Å². The Labute approximate surface area is 176 Å². The maximum Gasteiger partial charge on any atom is 0.414 e. The molecular weight excluding hydrogens is 412 g/mol. The molecule has 1 aromatic heterocycles. The van der Waals surface area contributed by atoms with E-state index < -0.39 is 23.7 Å². The van der Waals surface area contributed by atoms with E-state index >= 15 is 0 Å². The van der Waals surface area contributed by atoms with Gasteiger partial charge < -0.3 is 30.4 Å². The molecule has 3 rings (SSSR count). The van der Waals surface area contributed by atoms with Gasteiger partial charge in [0.25, 0.3) is 5.87 Å². The number of aliphatic hydroxyl groups is 2. The molecule has 6 N–H and O–H groups in total. The third-order valence-electron chi connectivity index (χ3n) is 4.00. The van der Waals surface area contributed by atoms with Crippen LogP contribution < -0.4 is 16.0 Å². The molecule has 0 bridgehead atoms. The summed E-state index contributed by atoms with van der Waals surface area (Å²) >= 11 is 0. The van der Waals surface area contributed by atoms with E-state index in [0.717, 1.165) is 7.85 Å². The standard InChI is InChI=1S/C17H19BFN7O5/c18-17(28,29)31-25-11-6-26(7-11)15-22-4-10(5-23-15)12-3-1-2-9(13(12)19)8-30-16(27)24-14(20)21/h1-5,28-29H,6-8,18H2,(H4,20,21,24,27). The number of anilines is 1. The van der Waals surface area contributed by atoms with Crippen molar-refractivity contribution < 1.29 is 29.0 Å². The van der Waals surface area contributed by atoms with Crippen LogP contribution in [0.2, 0.25) is 0 Å². The maximum atomic E-state index is 14.8. The minimum Gasteiger partial charge on any atom is -0.444 e. The van der Waals surface area contributed by atoms with Crippen molar-refractivity contribution >= 4 is 31.6 Å². The Bertz CT molecular complexity index is 1000. The van der Waals surface area contributed by atoms with Crippen molar-refractivity contribution in [1.82, 2.24) is 15.3 Å². The fraction of sp³-hybridized carbons (Fsp3) is 0.235. The minimum absolute atomic E-state index is 0.128. The molecule has 1 aliphatic heterocycles. The zero-order valence-corrected chi connectivity index (χ0v) is 16.4. The predicted molar refractivity (Wildman–Crippen MR) is 109 cm³/mol. The topological polar surface area (TPSA) is 179 Å². The van der Waals surface area contributed by atoms with Crippen molar-refractivity contribution in [2.45, 2.75) is 12.5 Å². The molecule has 1 aliphatic rings. The number of oxime groups is 1. The van der Waals surface area contributed by atoms with Crippen LogP contribution >= 0.6 is 0 Å². The molecule has 162 valence electrons. The van der Waals surface area contributed by atoms with E-state index in [4.69, 9.17) is 26.1 Å². The predicted octanol–water partition coefficient (Wildman–Crippen LogP) is -1.18. The van der Waals surface area contributed by atoms with Crippen LogP contribution in [0, 0.1) is 11.2 Å². The van der Waals surface area contributed by atoms with E-state index in [0.29, 0.717) is 30.3 Å². The average Bonchev–Trinajstić information content (AvgIpc) is 2.65. The van der Waals surface area contributed by atoms with Crippen molar-refractivity contribution in [3.63, 3.8) is 0 Å². The van der Waals surface area contributed by atoms with Gasteiger partial charge in [-0.3, -0.25) is 10.7 Å². The Hall–Kier alpha value is -3.78.